The molecular formula is C33H35Cl2N5S. The van der Waals surface area contributed by atoms with Crippen LogP contribution in [0.5, 0.6) is 0 Å². The summed E-state index contributed by atoms with van der Waals surface area (Å²) in [5.41, 5.74) is 7.45. The Hall–Kier alpha value is -3.06. The minimum Gasteiger partial charge on any atom is -0.370 e. The molecule has 2 fully saturated rings. The van der Waals surface area contributed by atoms with Crippen molar-refractivity contribution in [3.05, 3.63) is 106 Å². The van der Waals surface area contributed by atoms with Crippen LogP contribution in [0.4, 0.5) is 11.4 Å². The number of hydrogen-bond donors (Lipinski definition) is 1. The van der Waals surface area contributed by atoms with Crippen LogP contribution >= 0.6 is 35.4 Å². The molecule has 8 heteroatoms. The van der Waals surface area contributed by atoms with E-state index in [9.17, 15) is 0 Å². The van der Waals surface area contributed by atoms with Gasteiger partial charge in [-0.25, -0.2) is 0 Å². The first-order valence-electron chi connectivity index (χ1n) is 14.2. The van der Waals surface area contributed by atoms with E-state index >= 15 is 0 Å². The first-order valence-corrected chi connectivity index (χ1v) is 15.4. The topological polar surface area (TPSA) is 36.3 Å². The summed E-state index contributed by atoms with van der Waals surface area (Å²) in [5, 5.41) is 5.70. The van der Waals surface area contributed by atoms with E-state index in [1.165, 1.54) is 12.0 Å². The van der Waals surface area contributed by atoms with Gasteiger partial charge in [-0.15, -0.1) is 0 Å². The average Bonchev–Trinajstić information content (AvgIpc) is 3.43. The van der Waals surface area contributed by atoms with Crippen LogP contribution in [0.1, 0.15) is 55.0 Å². The van der Waals surface area contributed by atoms with E-state index in [0.717, 1.165) is 52.3 Å². The maximum absolute atomic E-state index is 7.03. The lowest BCUT2D eigenvalue weighted by atomic mass is 9.91. The van der Waals surface area contributed by atoms with E-state index in [4.69, 9.17) is 40.4 Å². The highest BCUT2D eigenvalue weighted by molar-refractivity contribution is 7.80. The quantitative estimate of drug-likeness (QED) is 0.231. The summed E-state index contributed by atoms with van der Waals surface area (Å²) in [7, 11) is 0. The normalized spacial score (nSPS) is 22.7. The van der Waals surface area contributed by atoms with Gasteiger partial charge >= 0.3 is 0 Å². The summed E-state index contributed by atoms with van der Waals surface area (Å²) in [4.78, 5) is 9.36. The van der Waals surface area contributed by atoms with Crippen molar-refractivity contribution < 1.29 is 0 Å². The molecule has 2 aliphatic rings. The van der Waals surface area contributed by atoms with Crippen LogP contribution in [-0.2, 0) is 0 Å². The monoisotopic (exact) mass is 603 g/mol. The summed E-state index contributed by atoms with van der Waals surface area (Å²) >= 11 is 19.4. The van der Waals surface area contributed by atoms with E-state index in [2.05, 4.69) is 83.8 Å². The molecule has 41 heavy (non-hydrogen) atoms. The lowest BCUT2D eigenvalue weighted by Crippen LogP contribution is -2.38. The van der Waals surface area contributed by atoms with E-state index < -0.39 is 0 Å². The molecule has 0 aliphatic carbocycles. The molecule has 0 amide bonds. The van der Waals surface area contributed by atoms with Gasteiger partial charge in [-0.05, 0) is 104 Å². The highest BCUT2D eigenvalue weighted by Gasteiger charge is 2.42. The van der Waals surface area contributed by atoms with Gasteiger partial charge < -0.3 is 19.7 Å². The number of halogens is 2. The molecule has 0 saturated carbocycles. The Kier molecular flexibility index (Phi) is 7.75. The number of anilines is 2. The van der Waals surface area contributed by atoms with Gasteiger partial charge in [-0.1, -0.05) is 49.2 Å². The smallest absolute Gasteiger partial charge is 0.174 e. The van der Waals surface area contributed by atoms with E-state index in [1.54, 1.807) is 0 Å². The SMILES string of the molecule is Cc1cc([C@H]2[C@@H](c3ccccn3)NC(=S)N2c2ccc(N3C[C@H](C)C[C@H](C)C3)c(Cl)c2)c(C)n1-c1cccc(Cl)c1. The second-order valence-electron chi connectivity index (χ2n) is 11.6. The Morgan fingerprint density at radius 1 is 0.902 bits per heavy atom. The molecule has 2 aliphatic heterocycles. The zero-order chi connectivity index (χ0) is 28.8. The minimum absolute atomic E-state index is 0.131. The van der Waals surface area contributed by atoms with E-state index in [0.29, 0.717) is 22.0 Å². The van der Waals surface area contributed by atoms with Crippen LogP contribution in [0.3, 0.4) is 0 Å². The Labute approximate surface area is 258 Å². The zero-order valence-corrected chi connectivity index (χ0v) is 26.1. The standard InChI is InChI=1S/C33H35Cl2N5S/c1-20-14-21(2)19-38(18-20)30-12-11-26(17-28(30)35)40-32(31(37-33(40)41)29-10-5-6-13-36-29)27-15-22(3)39(23(27)4)25-9-7-8-24(34)16-25/h5-13,15-17,20-21,31-32H,14,18-19H2,1-4H3,(H,37,41)/t20-,21+,31-,32+/m1/s1. The van der Waals surface area contributed by atoms with Crippen LogP contribution in [0.2, 0.25) is 10.0 Å². The van der Waals surface area contributed by atoms with Crippen LogP contribution in [-0.4, -0.2) is 27.8 Å². The molecule has 4 aromatic rings. The first kappa shape index (κ1) is 28.1. The average molecular weight is 605 g/mol. The molecular weight excluding hydrogens is 569 g/mol. The number of piperidine rings is 1. The highest BCUT2D eigenvalue weighted by Crippen LogP contribution is 2.45. The number of nitrogens with zero attached hydrogens (tertiary/aromatic N) is 4. The third-order valence-corrected chi connectivity index (χ3v) is 9.22. The van der Waals surface area contributed by atoms with Gasteiger partial charge in [0, 0.05) is 47.1 Å². The first-order chi connectivity index (χ1) is 19.7. The number of nitrogens with one attached hydrogen (secondary N) is 1. The molecule has 4 atom stereocenters. The maximum Gasteiger partial charge on any atom is 0.174 e. The van der Waals surface area contributed by atoms with Crippen LogP contribution in [0, 0.1) is 25.7 Å². The molecule has 2 saturated heterocycles. The molecule has 5 nitrogen and oxygen atoms in total. The van der Waals surface area contributed by atoms with Gasteiger partial charge in [-0.3, -0.25) is 4.98 Å². The second-order valence-corrected chi connectivity index (χ2v) is 12.9. The number of rotatable bonds is 5. The predicted molar refractivity (Wildman–Crippen MR) is 175 cm³/mol. The summed E-state index contributed by atoms with van der Waals surface area (Å²) in [6.07, 6.45) is 3.09. The molecule has 4 heterocycles. The van der Waals surface area contributed by atoms with Gasteiger partial charge in [0.05, 0.1) is 28.5 Å². The predicted octanol–water partition coefficient (Wildman–Crippen LogP) is 8.46. The maximum atomic E-state index is 7.03. The van der Waals surface area contributed by atoms with Gasteiger partial charge in [-0.2, -0.15) is 0 Å². The van der Waals surface area contributed by atoms with Crippen molar-refractivity contribution in [2.75, 3.05) is 22.9 Å². The van der Waals surface area contributed by atoms with Crippen molar-refractivity contribution in [2.45, 2.75) is 46.2 Å². The van der Waals surface area contributed by atoms with Gasteiger partial charge in [0.25, 0.3) is 0 Å². The number of benzene rings is 2. The van der Waals surface area contributed by atoms with Gasteiger partial charge in [0.2, 0.25) is 0 Å². The van der Waals surface area contributed by atoms with Crippen molar-refractivity contribution in [1.82, 2.24) is 14.9 Å². The molecule has 0 radical (unpaired) electrons. The summed E-state index contributed by atoms with van der Waals surface area (Å²) in [5.74, 6) is 1.28. The fourth-order valence-electron chi connectivity index (χ4n) is 6.81. The van der Waals surface area contributed by atoms with Crippen molar-refractivity contribution >= 4 is 51.9 Å². The molecule has 0 spiro atoms. The summed E-state index contributed by atoms with van der Waals surface area (Å²) < 4.78 is 2.25. The lowest BCUT2D eigenvalue weighted by molar-refractivity contribution is 0.357. The van der Waals surface area contributed by atoms with Crippen molar-refractivity contribution in [1.29, 1.82) is 0 Å². The van der Waals surface area contributed by atoms with Crippen molar-refractivity contribution in [3.8, 4) is 5.69 Å². The molecule has 0 bridgehead atoms. The van der Waals surface area contributed by atoms with Gasteiger partial charge in [0.15, 0.2) is 5.11 Å². The summed E-state index contributed by atoms with van der Waals surface area (Å²) in [6.45, 7) is 11.0. The third-order valence-electron chi connectivity index (χ3n) is 8.37. The van der Waals surface area contributed by atoms with Crippen LogP contribution < -0.4 is 15.1 Å². The molecule has 1 N–H and O–H groups in total. The van der Waals surface area contributed by atoms with Crippen molar-refractivity contribution in [3.63, 3.8) is 0 Å². The largest absolute Gasteiger partial charge is 0.370 e. The van der Waals surface area contributed by atoms with E-state index in [1.807, 2.05) is 36.5 Å². The highest BCUT2D eigenvalue weighted by atomic mass is 35.5. The molecule has 6 rings (SSSR count). The Bertz CT molecular complexity index is 1580. The zero-order valence-electron chi connectivity index (χ0n) is 23.8. The Morgan fingerprint density at radius 3 is 2.37 bits per heavy atom. The molecule has 0 unspecified atom stereocenters. The number of aromatic nitrogens is 2. The second kappa shape index (κ2) is 11.3. The Balaban J connectivity index is 1.44. The Morgan fingerprint density at radius 2 is 1.68 bits per heavy atom. The molecule has 212 valence electrons. The summed E-state index contributed by atoms with van der Waals surface area (Å²) in [6, 6.07) is 22.4. The molecule has 2 aromatic heterocycles. The van der Waals surface area contributed by atoms with Crippen molar-refractivity contribution in [2.24, 2.45) is 11.8 Å². The number of pyridine rings is 1. The van der Waals surface area contributed by atoms with E-state index in [-0.39, 0.29) is 12.1 Å². The van der Waals surface area contributed by atoms with Crippen LogP contribution in [0.25, 0.3) is 5.69 Å². The fourth-order valence-corrected chi connectivity index (χ4v) is 7.64. The number of hydrogen-bond acceptors (Lipinski definition) is 3. The fraction of sp³-hybridized carbons (Fsp3) is 0.333. The molecule has 2 aromatic carbocycles. The minimum atomic E-state index is -0.140. The van der Waals surface area contributed by atoms with Gasteiger partial charge in [0.1, 0.15) is 0 Å². The number of thiocarbonyl (C=S) groups is 1. The van der Waals surface area contributed by atoms with Crippen LogP contribution in [0.15, 0.2) is 72.9 Å². The third kappa shape index (κ3) is 5.33. The number of aryl methyl sites for hydroxylation is 1. The lowest BCUT2D eigenvalue weighted by Gasteiger charge is -2.37.